The van der Waals surface area contributed by atoms with Crippen molar-refractivity contribution in [1.29, 1.82) is 0 Å². The van der Waals surface area contributed by atoms with E-state index in [-0.39, 0.29) is 5.91 Å². The zero-order chi connectivity index (χ0) is 11.8. The molecule has 1 fully saturated rings. The third kappa shape index (κ3) is 1.90. The standard InChI is InChI=1S/C13H15N3O/c1-10(17)16(11-5-6-11)9-12-8-14-13-4-2-3-7-15(12)13/h2-4,7-8,11H,5-6,9H2,1H3. The SMILES string of the molecule is CC(=O)N(Cc1cnc2ccccn12)C1CC1. The van der Waals surface area contributed by atoms with Crippen molar-refractivity contribution >= 4 is 11.6 Å². The molecular weight excluding hydrogens is 214 g/mol. The molecule has 1 aliphatic rings. The van der Waals surface area contributed by atoms with Crippen LogP contribution in [0.25, 0.3) is 5.65 Å². The first-order valence-corrected chi connectivity index (χ1v) is 5.94. The molecular formula is C13H15N3O. The summed E-state index contributed by atoms with van der Waals surface area (Å²) in [5.74, 6) is 0.151. The number of carbonyl (C=O) groups is 1. The number of carbonyl (C=O) groups excluding carboxylic acids is 1. The van der Waals surface area contributed by atoms with Gasteiger partial charge in [-0.05, 0) is 25.0 Å². The van der Waals surface area contributed by atoms with E-state index in [0.717, 1.165) is 24.2 Å². The van der Waals surface area contributed by atoms with Gasteiger partial charge in [0.25, 0.3) is 0 Å². The Balaban J connectivity index is 1.90. The summed E-state index contributed by atoms with van der Waals surface area (Å²) in [5.41, 5.74) is 2.00. The van der Waals surface area contributed by atoms with Crippen LogP contribution in [-0.2, 0) is 11.3 Å². The minimum atomic E-state index is 0.151. The zero-order valence-electron chi connectivity index (χ0n) is 9.84. The molecule has 17 heavy (non-hydrogen) atoms. The Labute approximate surface area is 99.9 Å². The van der Waals surface area contributed by atoms with Gasteiger partial charge in [-0.25, -0.2) is 4.98 Å². The van der Waals surface area contributed by atoms with Gasteiger partial charge in [0, 0.05) is 19.2 Å². The van der Waals surface area contributed by atoms with Gasteiger partial charge >= 0.3 is 0 Å². The van der Waals surface area contributed by atoms with E-state index in [0.29, 0.717) is 12.6 Å². The number of imidazole rings is 1. The Morgan fingerprint density at radius 2 is 2.35 bits per heavy atom. The first kappa shape index (κ1) is 10.3. The maximum absolute atomic E-state index is 11.6. The lowest BCUT2D eigenvalue weighted by Crippen LogP contribution is -2.30. The maximum atomic E-state index is 11.6. The van der Waals surface area contributed by atoms with Crippen molar-refractivity contribution in [3.63, 3.8) is 0 Å². The van der Waals surface area contributed by atoms with Crippen molar-refractivity contribution in [2.45, 2.75) is 32.4 Å². The van der Waals surface area contributed by atoms with E-state index in [2.05, 4.69) is 4.98 Å². The van der Waals surface area contributed by atoms with E-state index in [9.17, 15) is 4.79 Å². The highest BCUT2D eigenvalue weighted by atomic mass is 16.2. The summed E-state index contributed by atoms with van der Waals surface area (Å²) >= 11 is 0. The molecule has 0 unspecified atom stereocenters. The molecule has 4 nitrogen and oxygen atoms in total. The van der Waals surface area contributed by atoms with Crippen molar-refractivity contribution in [2.24, 2.45) is 0 Å². The van der Waals surface area contributed by atoms with Crippen molar-refractivity contribution in [3.8, 4) is 0 Å². The van der Waals surface area contributed by atoms with Gasteiger partial charge in [0.2, 0.25) is 5.91 Å². The van der Waals surface area contributed by atoms with Crippen LogP contribution in [0.2, 0.25) is 0 Å². The molecule has 0 radical (unpaired) electrons. The van der Waals surface area contributed by atoms with Crippen LogP contribution < -0.4 is 0 Å². The van der Waals surface area contributed by atoms with Crippen molar-refractivity contribution in [1.82, 2.24) is 14.3 Å². The van der Waals surface area contributed by atoms with Crippen LogP contribution in [0.4, 0.5) is 0 Å². The van der Waals surface area contributed by atoms with Crippen molar-refractivity contribution in [3.05, 3.63) is 36.3 Å². The number of pyridine rings is 1. The summed E-state index contributed by atoms with van der Waals surface area (Å²) in [4.78, 5) is 17.9. The summed E-state index contributed by atoms with van der Waals surface area (Å²) in [5, 5.41) is 0. The lowest BCUT2D eigenvalue weighted by Gasteiger charge is -2.20. The molecule has 88 valence electrons. The lowest BCUT2D eigenvalue weighted by molar-refractivity contribution is -0.130. The smallest absolute Gasteiger partial charge is 0.220 e. The number of aromatic nitrogens is 2. The Morgan fingerprint density at radius 1 is 1.53 bits per heavy atom. The monoisotopic (exact) mass is 229 g/mol. The van der Waals surface area contributed by atoms with Crippen LogP contribution in [0.15, 0.2) is 30.6 Å². The number of hydrogen-bond donors (Lipinski definition) is 0. The van der Waals surface area contributed by atoms with E-state index < -0.39 is 0 Å². The maximum Gasteiger partial charge on any atom is 0.220 e. The molecule has 1 aliphatic carbocycles. The Kier molecular flexibility index (Phi) is 2.35. The molecule has 0 bridgehead atoms. The van der Waals surface area contributed by atoms with Crippen LogP contribution in [-0.4, -0.2) is 26.2 Å². The molecule has 2 aromatic heterocycles. The fraction of sp³-hybridized carbons (Fsp3) is 0.385. The quantitative estimate of drug-likeness (QED) is 0.805. The van der Waals surface area contributed by atoms with Crippen molar-refractivity contribution in [2.75, 3.05) is 0 Å². The molecule has 1 saturated carbocycles. The second-order valence-corrected chi connectivity index (χ2v) is 4.56. The van der Waals surface area contributed by atoms with E-state index in [1.165, 1.54) is 0 Å². The van der Waals surface area contributed by atoms with Crippen LogP contribution in [0.1, 0.15) is 25.5 Å². The second kappa shape index (κ2) is 3.87. The molecule has 0 spiro atoms. The first-order chi connectivity index (χ1) is 8.25. The number of amides is 1. The average molecular weight is 229 g/mol. The van der Waals surface area contributed by atoms with Gasteiger partial charge in [-0.1, -0.05) is 6.07 Å². The lowest BCUT2D eigenvalue weighted by atomic mass is 10.3. The second-order valence-electron chi connectivity index (χ2n) is 4.56. The van der Waals surface area contributed by atoms with Gasteiger partial charge in [0.05, 0.1) is 18.4 Å². The van der Waals surface area contributed by atoms with Gasteiger partial charge in [-0.15, -0.1) is 0 Å². The summed E-state index contributed by atoms with van der Waals surface area (Å²) < 4.78 is 2.04. The van der Waals surface area contributed by atoms with Crippen LogP contribution in [0.3, 0.4) is 0 Å². The van der Waals surface area contributed by atoms with Gasteiger partial charge < -0.3 is 9.30 Å². The summed E-state index contributed by atoms with van der Waals surface area (Å²) in [6.45, 7) is 2.30. The number of rotatable bonds is 3. The summed E-state index contributed by atoms with van der Waals surface area (Å²) in [7, 11) is 0. The normalized spacial score (nSPS) is 15.1. The van der Waals surface area contributed by atoms with Gasteiger partial charge in [0.1, 0.15) is 5.65 Å². The highest BCUT2D eigenvalue weighted by molar-refractivity contribution is 5.74. The molecule has 0 saturated heterocycles. The van der Waals surface area contributed by atoms with E-state index in [1.807, 2.05) is 39.9 Å². The highest BCUT2D eigenvalue weighted by Gasteiger charge is 2.31. The molecule has 2 aromatic rings. The van der Waals surface area contributed by atoms with Gasteiger partial charge in [-0.2, -0.15) is 0 Å². The molecule has 4 heteroatoms. The average Bonchev–Trinajstić information content (AvgIpc) is 3.07. The summed E-state index contributed by atoms with van der Waals surface area (Å²) in [6.07, 6.45) is 6.11. The summed E-state index contributed by atoms with van der Waals surface area (Å²) in [6, 6.07) is 6.36. The number of fused-ring (bicyclic) bond motifs is 1. The zero-order valence-corrected chi connectivity index (χ0v) is 9.84. The molecule has 0 atom stereocenters. The molecule has 2 heterocycles. The molecule has 0 N–H and O–H groups in total. The molecule has 0 aliphatic heterocycles. The van der Waals surface area contributed by atoms with E-state index >= 15 is 0 Å². The van der Waals surface area contributed by atoms with E-state index in [4.69, 9.17) is 0 Å². The highest BCUT2D eigenvalue weighted by Crippen LogP contribution is 2.28. The first-order valence-electron chi connectivity index (χ1n) is 5.94. The fourth-order valence-electron chi connectivity index (χ4n) is 2.16. The van der Waals surface area contributed by atoms with E-state index in [1.54, 1.807) is 6.92 Å². The topological polar surface area (TPSA) is 37.6 Å². The predicted octanol–water partition coefficient (Wildman–Crippen LogP) is 1.85. The number of nitrogens with zero attached hydrogens (tertiary/aromatic N) is 3. The van der Waals surface area contributed by atoms with Crippen molar-refractivity contribution < 1.29 is 4.79 Å². The number of hydrogen-bond acceptors (Lipinski definition) is 2. The van der Waals surface area contributed by atoms with Crippen LogP contribution in [0.5, 0.6) is 0 Å². The Hall–Kier alpha value is -1.84. The molecule has 1 amide bonds. The minimum absolute atomic E-state index is 0.151. The van der Waals surface area contributed by atoms with Crippen LogP contribution >= 0.6 is 0 Å². The fourth-order valence-corrected chi connectivity index (χ4v) is 2.16. The molecule has 0 aromatic carbocycles. The minimum Gasteiger partial charge on any atom is -0.334 e. The van der Waals surface area contributed by atoms with Crippen LogP contribution in [0, 0.1) is 0 Å². The third-order valence-electron chi connectivity index (χ3n) is 3.22. The third-order valence-corrected chi connectivity index (χ3v) is 3.22. The van der Waals surface area contributed by atoms with Gasteiger partial charge in [-0.3, -0.25) is 4.79 Å². The predicted molar refractivity (Wildman–Crippen MR) is 64.4 cm³/mol. The van der Waals surface area contributed by atoms with Gasteiger partial charge in [0.15, 0.2) is 0 Å². The Morgan fingerprint density at radius 3 is 3.06 bits per heavy atom. The Bertz CT molecular complexity index is 557. The largest absolute Gasteiger partial charge is 0.334 e. The molecule has 3 rings (SSSR count).